The molecule has 3 heterocycles. The van der Waals surface area contributed by atoms with E-state index in [-0.39, 0.29) is 0 Å². The van der Waals surface area contributed by atoms with Gasteiger partial charge in [0.25, 0.3) is 6.43 Å². The SMILES string of the molecule is Cc1nn(CC(F)F)cc1Nc1ncc2cnn(Cc3ccccc3C#N)c2n1. The van der Waals surface area contributed by atoms with Gasteiger partial charge in [-0.25, -0.2) is 18.4 Å². The molecular formula is C19H16F2N8. The second-order valence-corrected chi connectivity index (χ2v) is 6.41. The van der Waals surface area contributed by atoms with Crippen molar-refractivity contribution in [3.63, 3.8) is 0 Å². The molecule has 8 nitrogen and oxygen atoms in total. The molecule has 1 aromatic carbocycles. The minimum Gasteiger partial charge on any atom is -0.321 e. The number of aromatic nitrogens is 6. The van der Waals surface area contributed by atoms with Crippen molar-refractivity contribution in [3.05, 3.63) is 59.7 Å². The molecule has 1 N–H and O–H groups in total. The third kappa shape index (κ3) is 3.89. The van der Waals surface area contributed by atoms with Crippen LogP contribution in [0.15, 0.2) is 42.9 Å². The van der Waals surface area contributed by atoms with Gasteiger partial charge in [-0.1, -0.05) is 18.2 Å². The summed E-state index contributed by atoms with van der Waals surface area (Å²) >= 11 is 0. The summed E-state index contributed by atoms with van der Waals surface area (Å²) in [4.78, 5) is 8.76. The lowest BCUT2D eigenvalue weighted by Crippen LogP contribution is -2.06. The van der Waals surface area contributed by atoms with E-state index in [1.165, 1.54) is 10.9 Å². The summed E-state index contributed by atoms with van der Waals surface area (Å²) in [5.41, 5.74) is 3.10. The highest BCUT2D eigenvalue weighted by molar-refractivity contribution is 5.75. The van der Waals surface area contributed by atoms with E-state index < -0.39 is 13.0 Å². The maximum Gasteiger partial charge on any atom is 0.257 e. The number of hydrogen-bond donors (Lipinski definition) is 1. The Bertz CT molecular complexity index is 1200. The highest BCUT2D eigenvalue weighted by Crippen LogP contribution is 2.20. The minimum absolute atomic E-state index is 0.299. The Morgan fingerprint density at radius 2 is 2.07 bits per heavy atom. The quantitative estimate of drug-likeness (QED) is 0.539. The summed E-state index contributed by atoms with van der Waals surface area (Å²) in [5, 5.41) is 21.5. The van der Waals surface area contributed by atoms with Gasteiger partial charge in [0.15, 0.2) is 5.65 Å². The fourth-order valence-electron chi connectivity index (χ4n) is 2.97. The number of fused-ring (bicyclic) bond motifs is 1. The summed E-state index contributed by atoms with van der Waals surface area (Å²) in [7, 11) is 0. The summed E-state index contributed by atoms with van der Waals surface area (Å²) in [6, 6.07) is 9.47. The number of nitrogens with one attached hydrogen (secondary N) is 1. The maximum absolute atomic E-state index is 12.6. The van der Waals surface area contributed by atoms with Crippen molar-refractivity contribution in [2.24, 2.45) is 0 Å². The first-order valence-corrected chi connectivity index (χ1v) is 8.79. The van der Waals surface area contributed by atoms with Crippen molar-refractivity contribution in [2.75, 3.05) is 5.32 Å². The third-order valence-corrected chi connectivity index (χ3v) is 4.35. The molecule has 3 aromatic heterocycles. The Hall–Kier alpha value is -3.87. The number of nitriles is 1. The zero-order valence-electron chi connectivity index (χ0n) is 15.4. The van der Waals surface area contributed by atoms with E-state index in [1.54, 1.807) is 30.1 Å². The Kier molecular flexibility index (Phi) is 4.87. The fraction of sp³-hybridized carbons (Fsp3) is 0.211. The van der Waals surface area contributed by atoms with E-state index in [1.807, 2.05) is 18.2 Å². The Labute approximate surface area is 164 Å². The van der Waals surface area contributed by atoms with Gasteiger partial charge in [-0.2, -0.15) is 20.4 Å². The first kappa shape index (κ1) is 18.5. The predicted octanol–water partition coefficient (Wildman–Crippen LogP) is 3.26. The molecule has 0 saturated heterocycles. The van der Waals surface area contributed by atoms with Crippen molar-refractivity contribution in [2.45, 2.75) is 26.4 Å². The number of alkyl halides is 2. The van der Waals surface area contributed by atoms with Crippen LogP contribution in [0.5, 0.6) is 0 Å². The Morgan fingerprint density at radius 1 is 1.24 bits per heavy atom. The van der Waals surface area contributed by atoms with Crippen LogP contribution in [0.4, 0.5) is 20.4 Å². The van der Waals surface area contributed by atoms with Crippen molar-refractivity contribution in [3.8, 4) is 6.07 Å². The molecule has 0 bridgehead atoms. The number of anilines is 2. The molecule has 0 radical (unpaired) electrons. The first-order valence-electron chi connectivity index (χ1n) is 8.79. The van der Waals surface area contributed by atoms with Crippen LogP contribution in [0.3, 0.4) is 0 Å². The number of aryl methyl sites for hydroxylation is 1. The van der Waals surface area contributed by atoms with Gasteiger partial charge in [-0.15, -0.1) is 0 Å². The standard InChI is InChI=1S/C19H16F2N8/c1-12-16(10-28(27-12)11-17(20)21)25-19-23-7-15-8-24-29(18(15)26-19)9-14-5-3-2-4-13(14)6-22/h2-5,7-8,10,17H,9,11H2,1H3,(H,23,25,26). The largest absolute Gasteiger partial charge is 0.321 e. The van der Waals surface area contributed by atoms with Crippen LogP contribution in [0, 0.1) is 18.3 Å². The van der Waals surface area contributed by atoms with Gasteiger partial charge < -0.3 is 5.32 Å². The van der Waals surface area contributed by atoms with Gasteiger partial charge in [-0.05, 0) is 18.6 Å². The molecule has 0 amide bonds. The van der Waals surface area contributed by atoms with Crippen LogP contribution < -0.4 is 5.32 Å². The van der Waals surface area contributed by atoms with Crippen LogP contribution in [0.1, 0.15) is 16.8 Å². The monoisotopic (exact) mass is 394 g/mol. The molecule has 146 valence electrons. The van der Waals surface area contributed by atoms with Crippen LogP contribution in [0.2, 0.25) is 0 Å². The van der Waals surface area contributed by atoms with E-state index in [4.69, 9.17) is 0 Å². The Morgan fingerprint density at radius 3 is 2.86 bits per heavy atom. The summed E-state index contributed by atoms with van der Waals surface area (Å²) in [6.07, 6.45) is 2.29. The van der Waals surface area contributed by atoms with Gasteiger partial charge >= 0.3 is 0 Å². The number of benzene rings is 1. The molecule has 29 heavy (non-hydrogen) atoms. The van der Waals surface area contributed by atoms with Gasteiger partial charge in [0, 0.05) is 12.4 Å². The van der Waals surface area contributed by atoms with E-state index in [9.17, 15) is 14.0 Å². The maximum atomic E-state index is 12.6. The normalized spacial score (nSPS) is 11.1. The van der Waals surface area contributed by atoms with Gasteiger partial charge in [-0.3, -0.25) is 4.68 Å². The van der Waals surface area contributed by atoms with Crippen molar-refractivity contribution < 1.29 is 8.78 Å². The first-order chi connectivity index (χ1) is 14.0. The van der Waals surface area contributed by atoms with Crippen LogP contribution in [-0.2, 0) is 13.1 Å². The molecule has 0 atom stereocenters. The van der Waals surface area contributed by atoms with Crippen LogP contribution >= 0.6 is 0 Å². The molecular weight excluding hydrogens is 378 g/mol. The number of halogens is 2. The molecule has 0 aliphatic carbocycles. The molecule has 0 spiro atoms. The topological polar surface area (TPSA) is 97.2 Å². The summed E-state index contributed by atoms with van der Waals surface area (Å²) < 4.78 is 28.0. The van der Waals surface area contributed by atoms with Gasteiger partial charge in [0.2, 0.25) is 5.95 Å². The molecule has 10 heteroatoms. The van der Waals surface area contributed by atoms with Gasteiger partial charge in [0.1, 0.15) is 6.54 Å². The lowest BCUT2D eigenvalue weighted by molar-refractivity contribution is 0.121. The molecule has 4 aromatic rings. The average Bonchev–Trinajstić information content (AvgIpc) is 3.25. The second kappa shape index (κ2) is 7.63. The molecule has 4 rings (SSSR count). The van der Waals surface area contributed by atoms with Crippen molar-refractivity contribution >= 4 is 22.7 Å². The second-order valence-electron chi connectivity index (χ2n) is 6.41. The van der Waals surface area contributed by atoms with E-state index in [0.717, 1.165) is 10.9 Å². The highest BCUT2D eigenvalue weighted by atomic mass is 19.3. The Balaban J connectivity index is 1.62. The zero-order valence-corrected chi connectivity index (χ0v) is 15.4. The molecule has 0 aliphatic heterocycles. The number of hydrogen-bond acceptors (Lipinski definition) is 6. The molecule has 0 saturated carbocycles. The molecule has 0 aliphatic rings. The van der Waals surface area contributed by atoms with Crippen LogP contribution in [-0.4, -0.2) is 36.0 Å². The van der Waals surface area contributed by atoms with E-state index >= 15 is 0 Å². The fourth-order valence-corrected chi connectivity index (χ4v) is 2.97. The predicted molar refractivity (Wildman–Crippen MR) is 102 cm³/mol. The van der Waals surface area contributed by atoms with E-state index in [0.29, 0.717) is 35.1 Å². The van der Waals surface area contributed by atoms with Crippen molar-refractivity contribution in [1.29, 1.82) is 5.26 Å². The third-order valence-electron chi connectivity index (χ3n) is 4.35. The average molecular weight is 394 g/mol. The zero-order chi connectivity index (χ0) is 20.4. The van der Waals surface area contributed by atoms with Crippen LogP contribution in [0.25, 0.3) is 11.0 Å². The summed E-state index contributed by atoms with van der Waals surface area (Å²) in [6.45, 7) is 1.62. The highest BCUT2D eigenvalue weighted by Gasteiger charge is 2.13. The minimum atomic E-state index is -2.49. The van der Waals surface area contributed by atoms with Gasteiger partial charge in [0.05, 0.1) is 41.1 Å². The number of rotatable bonds is 6. The molecule has 0 unspecified atom stereocenters. The summed E-state index contributed by atoms with van der Waals surface area (Å²) in [5.74, 6) is 0.299. The van der Waals surface area contributed by atoms with E-state index in [2.05, 4.69) is 31.6 Å². The molecule has 0 fully saturated rings. The lowest BCUT2D eigenvalue weighted by Gasteiger charge is -2.07. The number of nitrogens with zero attached hydrogens (tertiary/aromatic N) is 7. The lowest BCUT2D eigenvalue weighted by atomic mass is 10.1. The van der Waals surface area contributed by atoms with Crippen molar-refractivity contribution in [1.82, 2.24) is 29.5 Å². The smallest absolute Gasteiger partial charge is 0.257 e.